The van der Waals surface area contributed by atoms with Gasteiger partial charge in [0.05, 0.1) is 30.5 Å². The molecule has 1 amide bonds. The molecule has 4 atom stereocenters. The molecule has 3 aliphatic rings. The third kappa shape index (κ3) is 4.44. The highest BCUT2D eigenvalue weighted by atomic mass is 35.5. The predicted molar refractivity (Wildman–Crippen MR) is 132 cm³/mol. The fourth-order valence-electron chi connectivity index (χ4n) is 5.71. The third-order valence-electron chi connectivity index (χ3n) is 8.17. The Kier molecular flexibility index (Phi) is 6.14. The van der Waals surface area contributed by atoms with Crippen LogP contribution < -0.4 is 5.32 Å². The monoisotopic (exact) mass is 487 g/mol. The van der Waals surface area contributed by atoms with Crippen LogP contribution in [-0.4, -0.2) is 69.6 Å². The highest BCUT2D eigenvalue weighted by molar-refractivity contribution is 6.32. The van der Waals surface area contributed by atoms with Gasteiger partial charge in [0, 0.05) is 22.5 Å². The Morgan fingerprint density at radius 1 is 1.26 bits per heavy atom. The molecule has 8 heteroatoms. The van der Waals surface area contributed by atoms with Crippen molar-refractivity contribution in [1.82, 2.24) is 9.88 Å². The quantitative estimate of drug-likeness (QED) is 0.597. The minimum Gasteiger partial charge on any atom is -0.390 e. The molecule has 34 heavy (non-hydrogen) atoms. The van der Waals surface area contributed by atoms with Crippen LogP contribution in [0.15, 0.2) is 24.4 Å². The number of aliphatic hydroxyl groups is 2. The average Bonchev–Trinajstić information content (AvgIpc) is 3.54. The molecule has 3 heterocycles. The Balaban J connectivity index is 1.29. The van der Waals surface area contributed by atoms with Crippen molar-refractivity contribution >= 4 is 34.1 Å². The molecule has 2 unspecified atom stereocenters. The van der Waals surface area contributed by atoms with Crippen LogP contribution in [-0.2, 0) is 9.53 Å². The summed E-state index contributed by atoms with van der Waals surface area (Å²) in [6.45, 7) is 8.32. The van der Waals surface area contributed by atoms with Crippen molar-refractivity contribution in [2.75, 3.05) is 31.6 Å². The highest BCUT2D eigenvalue weighted by Gasteiger charge is 2.51. The van der Waals surface area contributed by atoms with E-state index < -0.39 is 11.7 Å². The minimum atomic E-state index is -0.847. The summed E-state index contributed by atoms with van der Waals surface area (Å²) in [6, 6.07) is 5.98. The van der Waals surface area contributed by atoms with Gasteiger partial charge in [-0.1, -0.05) is 11.6 Å². The molecule has 0 spiro atoms. The molecule has 7 nitrogen and oxygen atoms in total. The zero-order valence-corrected chi connectivity index (χ0v) is 20.8. The first-order valence-corrected chi connectivity index (χ1v) is 12.6. The molecule has 1 aromatic heterocycles. The number of nitrogens with one attached hydrogen (secondary N) is 1. The second-order valence-electron chi connectivity index (χ2n) is 11.0. The molecule has 0 bridgehead atoms. The van der Waals surface area contributed by atoms with E-state index in [9.17, 15) is 15.0 Å². The minimum absolute atomic E-state index is 0.0107. The number of fused-ring (bicyclic) bond motifs is 1. The van der Waals surface area contributed by atoms with Gasteiger partial charge in [0.1, 0.15) is 5.82 Å². The van der Waals surface area contributed by atoms with Crippen LogP contribution in [0.4, 0.5) is 5.82 Å². The Labute approximate surface area is 205 Å². The van der Waals surface area contributed by atoms with E-state index in [1.807, 2.05) is 12.1 Å². The summed E-state index contributed by atoms with van der Waals surface area (Å²) in [7, 11) is 0. The number of anilines is 1. The number of nitrogens with zero attached hydrogens (tertiary/aromatic N) is 2. The van der Waals surface area contributed by atoms with E-state index in [4.69, 9.17) is 16.3 Å². The van der Waals surface area contributed by atoms with E-state index in [1.54, 1.807) is 20.0 Å². The maximum absolute atomic E-state index is 12.6. The van der Waals surface area contributed by atoms with E-state index in [1.165, 1.54) is 0 Å². The average molecular weight is 488 g/mol. The van der Waals surface area contributed by atoms with Crippen molar-refractivity contribution in [2.45, 2.75) is 63.2 Å². The molecule has 1 saturated carbocycles. The number of benzene rings is 1. The van der Waals surface area contributed by atoms with Gasteiger partial charge in [-0.05, 0) is 94.1 Å². The summed E-state index contributed by atoms with van der Waals surface area (Å²) in [6.07, 6.45) is 3.91. The molecule has 3 N–H and O–H groups in total. The number of piperidine rings is 1. The van der Waals surface area contributed by atoms with E-state index in [-0.39, 0.29) is 23.3 Å². The van der Waals surface area contributed by atoms with Crippen molar-refractivity contribution in [3.63, 3.8) is 0 Å². The SMILES string of the molecule is CC(C)(O)[C@@H]1C[C@H]1C(=O)Nc1cc2cc(C3CCN(C4(C)COCC4O)CC3)c(Cl)cc2cn1. The van der Waals surface area contributed by atoms with Gasteiger partial charge in [0.25, 0.3) is 0 Å². The molecule has 2 aliphatic heterocycles. The Bertz CT molecular complexity index is 1100. The van der Waals surface area contributed by atoms with E-state index in [0.29, 0.717) is 31.4 Å². The summed E-state index contributed by atoms with van der Waals surface area (Å²) >= 11 is 6.69. The highest BCUT2D eigenvalue weighted by Crippen LogP contribution is 2.47. The fourth-order valence-corrected chi connectivity index (χ4v) is 6.03. The molecule has 5 rings (SSSR count). The molecule has 1 aromatic carbocycles. The van der Waals surface area contributed by atoms with Gasteiger partial charge < -0.3 is 20.3 Å². The first-order valence-electron chi connectivity index (χ1n) is 12.2. The number of aromatic nitrogens is 1. The number of rotatable bonds is 5. The fraction of sp³-hybridized carbons (Fsp3) is 0.615. The van der Waals surface area contributed by atoms with Crippen LogP contribution in [0.1, 0.15) is 51.5 Å². The van der Waals surface area contributed by atoms with Crippen molar-refractivity contribution in [3.8, 4) is 0 Å². The Morgan fingerprint density at radius 3 is 2.62 bits per heavy atom. The number of amides is 1. The summed E-state index contributed by atoms with van der Waals surface area (Å²) < 4.78 is 5.52. The van der Waals surface area contributed by atoms with Gasteiger partial charge in [-0.2, -0.15) is 0 Å². The van der Waals surface area contributed by atoms with Crippen LogP contribution in [0.25, 0.3) is 10.8 Å². The number of aliphatic hydroxyl groups excluding tert-OH is 1. The zero-order valence-electron chi connectivity index (χ0n) is 20.1. The van der Waals surface area contributed by atoms with Crippen LogP contribution in [0.2, 0.25) is 5.02 Å². The maximum Gasteiger partial charge on any atom is 0.229 e. The second kappa shape index (κ2) is 8.71. The predicted octanol–water partition coefficient (Wildman–Crippen LogP) is 3.56. The number of hydrogen-bond acceptors (Lipinski definition) is 6. The van der Waals surface area contributed by atoms with Crippen molar-refractivity contribution in [1.29, 1.82) is 0 Å². The van der Waals surface area contributed by atoms with Crippen molar-refractivity contribution in [2.24, 2.45) is 11.8 Å². The molecule has 184 valence electrons. The number of carbonyl (C=O) groups excluding carboxylic acids is 1. The number of pyridine rings is 1. The van der Waals surface area contributed by atoms with Crippen LogP contribution in [0.3, 0.4) is 0 Å². The Morgan fingerprint density at radius 2 is 2.00 bits per heavy atom. The van der Waals surface area contributed by atoms with Gasteiger partial charge in [-0.15, -0.1) is 0 Å². The Hall–Kier alpha value is -1.77. The van der Waals surface area contributed by atoms with E-state index in [2.05, 4.69) is 28.2 Å². The summed E-state index contributed by atoms with van der Waals surface area (Å²) in [5, 5.41) is 26.1. The number of hydrogen-bond donors (Lipinski definition) is 3. The van der Waals surface area contributed by atoms with Gasteiger partial charge in [0.2, 0.25) is 5.91 Å². The molecule has 0 radical (unpaired) electrons. The molecular weight excluding hydrogens is 454 g/mol. The third-order valence-corrected chi connectivity index (χ3v) is 8.50. The summed E-state index contributed by atoms with van der Waals surface area (Å²) in [5.41, 5.74) is -0.0433. The van der Waals surface area contributed by atoms with E-state index in [0.717, 1.165) is 47.3 Å². The topological polar surface area (TPSA) is 94.9 Å². The summed E-state index contributed by atoms with van der Waals surface area (Å²) in [4.78, 5) is 19.4. The lowest BCUT2D eigenvalue weighted by Crippen LogP contribution is -2.56. The second-order valence-corrected chi connectivity index (χ2v) is 11.4. The van der Waals surface area contributed by atoms with Crippen molar-refractivity contribution in [3.05, 3.63) is 35.0 Å². The largest absolute Gasteiger partial charge is 0.390 e. The number of ether oxygens (including phenoxy) is 1. The molecule has 3 fully saturated rings. The molecule has 1 aliphatic carbocycles. The smallest absolute Gasteiger partial charge is 0.229 e. The lowest BCUT2D eigenvalue weighted by atomic mass is 9.85. The molecule has 2 saturated heterocycles. The first-order chi connectivity index (χ1) is 16.1. The molecule has 2 aromatic rings. The number of halogens is 1. The van der Waals surface area contributed by atoms with Gasteiger partial charge in [0.15, 0.2) is 0 Å². The van der Waals surface area contributed by atoms with Crippen LogP contribution in [0.5, 0.6) is 0 Å². The van der Waals surface area contributed by atoms with Crippen LogP contribution >= 0.6 is 11.6 Å². The van der Waals surface area contributed by atoms with Gasteiger partial charge >= 0.3 is 0 Å². The van der Waals surface area contributed by atoms with E-state index >= 15 is 0 Å². The normalized spacial score (nSPS) is 30.6. The zero-order chi connectivity index (χ0) is 24.3. The van der Waals surface area contributed by atoms with Crippen LogP contribution in [0, 0.1) is 11.8 Å². The molecular formula is C26H34ClN3O4. The van der Waals surface area contributed by atoms with Gasteiger partial charge in [-0.25, -0.2) is 4.98 Å². The first kappa shape index (κ1) is 23.9. The lowest BCUT2D eigenvalue weighted by Gasteiger charge is -2.43. The summed E-state index contributed by atoms with van der Waals surface area (Å²) in [5.74, 6) is 0.580. The number of carbonyl (C=O) groups is 1. The number of likely N-dealkylation sites (tertiary alicyclic amines) is 1. The standard InChI is InChI=1S/C26H34ClN3O4/c1-25(2,33)20-11-19(20)24(32)29-23-10-16-8-18(21(27)9-17(16)12-28-23)15-4-6-30(7-5-15)26(3)14-34-13-22(26)31/h8-10,12,15,19-20,22,31,33H,4-7,11,13-14H2,1-3H3,(H,28,29,32)/t19-,20-,22?,26?/m1/s1. The maximum atomic E-state index is 12.6. The lowest BCUT2D eigenvalue weighted by molar-refractivity contribution is -0.118. The van der Waals surface area contributed by atoms with Crippen molar-refractivity contribution < 1.29 is 19.7 Å². The van der Waals surface area contributed by atoms with Gasteiger partial charge in [-0.3, -0.25) is 9.69 Å².